The Hall–Kier alpha value is -2.22. The number of aromatic nitrogens is 2. The average Bonchev–Trinajstić information content (AvgIpc) is 2.97. The minimum Gasteiger partial charge on any atom is -0.334 e. The number of hydrogen-bond donors (Lipinski definition) is 0. The Balaban J connectivity index is 1.89. The van der Waals surface area contributed by atoms with Crippen molar-refractivity contribution < 1.29 is 13.2 Å². The zero-order valence-electron chi connectivity index (χ0n) is 15.0. The molecule has 0 saturated carbocycles. The van der Waals surface area contributed by atoms with E-state index in [0.717, 1.165) is 0 Å². The predicted molar refractivity (Wildman–Crippen MR) is 99.7 cm³/mol. The highest BCUT2D eigenvalue weighted by Gasteiger charge is 2.36. The number of carbonyl (C=O) groups is 1. The molecule has 1 saturated heterocycles. The van der Waals surface area contributed by atoms with Crippen molar-refractivity contribution in [2.75, 3.05) is 11.5 Å². The normalized spacial score (nSPS) is 20.2. The molecule has 2 heterocycles. The van der Waals surface area contributed by atoms with E-state index < -0.39 is 9.84 Å². The van der Waals surface area contributed by atoms with Crippen molar-refractivity contribution in [1.29, 1.82) is 0 Å². The van der Waals surface area contributed by atoms with Crippen LogP contribution >= 0.6 is 0 Å². The highest BCUT2D eigenvalue weighted by Crippen LogP contribution is 2.21. The van der Waals surface area contributed by atoms with E-state index >= 15 is 0 Å². The number of nitrogens with zero attached hydrogens (tertiary/aromatic N) is 3. The van der Waals surface area contributed by atoms with Gasteiger partial charge in [-0.3, -0.25) is 14.2 Å². The van der Waals surface area contributed by atoms with Crippen molar-refractivity contribution >= 4 is 26.6 Å². The summed E-state index contributed by atoms with van der Waals surface area (Å²) in [6, 6.07) is 6.57. The highest BCUT2D eigenvalue weighted by molar-refractivity contribution is 7.91. The van der Waals surface area contributed by atoms with E-state index in [1.807, 2.05) is 13.8 Å². The van der Waals surface area contributed by atoms with E-state index in [9.17, 15) is 18.0 Å². The minimum absolute atomic E-state index is 0.00600. The van der Waals surface area contributed by atoms with Crippen LogP contribution in [-0.4, -0.2) is 52.4 Å². The molecule has 0 aliphatic carbocycles. The summed E-state index contributed by atoms with van der Waals surface area (Å²) in [5.74, 6) is -0.149. The molecule has 0 unspecified atom stereocenters. The molecule has 1 fully saturated rings. The molecule has 8 heteroatoms. The van der Waals surface area contributed by atoms with Gasteiger partial charge in [0.25, 0.3) is 5.56 Å². The van der Waals surface area contributed by atoms with Gasteiger partial charge in [-0.2, -0.15) is 0 Å². The van der Waals surface area contributed by atoms with Crippen LogP contribution in [0.5, 0.6) is 0 Å². The third kappa shape index (κ3) is 3.65. The molecule has 0 radical (unpaired) electrons. The fourth-order valence-electron chi connectivity index (χ4n) is 3.45. The lowest BCUT2D eigenvalue weighted by Gasteiger charge is -2.33. The predicted octanol–water partition coefficient (Wildman–Crippen LogP) is 1.21. The highest BCUT2D eigenvalue weighted by atomic mass is 32.2. The topological polar surface area (TPSA) is 89.3 Å². The second kappa shape index (κ2) is 7.19. The van der Waals surface area contributed by atoms with E-state index in [1.54, 1.807) is 29.2 Å². The van der Waals surface area contributed by atoms with E-state index in [4.69, 9.17) is 0 Å². The van der Waals surface area contributed by atoms with Crippen LogP contribution in [-0.2, 0) is 21.2 Å². The molecule has 140 valence electrons. The molecule has 26 heavy (non-hydrogen) atoms. The fraction of sp³-hybridized carbons (Fsp3) is 0.500. The van der Waals surface area contributed by atoms with Crippen molar-refractivity contribution in [3.63, 3.8) is 0 Å². The van der Waals surface area contributed by atoms with Crippen LogP contribution in [0.15, 0.2) is 35.4 Å². The number of sulfone groups is 1. The van der Waals surface area contributed by atoms with Gasteiger partial charge >= 0.3 is 0 Å². The number of amides is 1. The number of hydrogen-bond acceptors (Lipinski definition) is 5. The standard InChI is InChI=1S/C18H23N3O4S/c1-3-13(2)21(14-8-9-26(24,25)11-14)17(22)10-20-12-19-16-7-5-4-6-15(16)18(20)23/h4-7,12-14H,3,8-11H2,1-2H3/t13-,14+/m0/s1. The molecule has 1 aliphatic heterocycles. The van der Waals surface area contributed by atoms with Gasteiger partial charge in [-0.15, -0.1) is 0 Å². The summed E-state index contributed by atoms with van der Waals surface area (Å²) in [6.45, 7) is 3.72. The summed E-state index contributed by atoms with van der Waals surface area (Å²) in [4.78, 5) is 31.4. The summed E-state index contributed by atoms with van der Waals surface area (Å²) >= 11 is 0. The molecule has 2 aromatic rings. The zero-order chi connectivity index (χ0) is 18.9. The minimum atomic E-state index is -3.10. The van der Waals surface area contributed by atoms with Gasteiger partial charge < -0.3 is 4.90 Å². The van der Waals surface area contributed by atoms with Crippen molar-refractivity contribution in [3.05, 3.63) is 40.9 Å². The van der Waals surface area contributed by atoms with Crippen molar-refractivity contribution in [1.82, 2.24) is 14.5 Å². The van der Waals surface area contributed by atoms with E-state index in [0.29, 0.717) is 23.7 Å². The van der Waals surface area contributed by atoms with Gasteiger partial charge in [-0.1, -0.05) is 19.1 Å². The van der Waals surface area contributed by atoms with Crippen molar-refractivity contribution in [2.45, 2.75) is 45.3 Å². The maximum Gasteiger partial charge on any atom is 0.261 e. The molecule has 0 spiro atoms. The molecular formula is C18H23N3O4S. The smallest absolute Gasteiger partial charge is 0.261 e. The lowest BCUT2D eigenvalue weighted by Crippen LogP contribution is -2.48. The summed E-state index contributed by atoms with van der Waals surface area (Å²) < 4.78 is 25.0. The van der Waals surface area contributed by atoms with Crippen LogP contribution in [0.1, 0.15) is 26.7 Å². The van der Waals surface area contributed by atoms with E-state index in [2.05, 4.69) is 4.98 Å². The first-order valence-electron chi connectivity index (χ1n) is 8.78. The molecule has 0 bridgehead atoms. The van der Waals surface area contributed by atoms with Crippen LogP contribution in [0.3, 0.4) is 0 Å². The first kappa shape index (κ1) is 18.6. The number of rotatable bonds is 5. The first-order valence-corrected chi connectivity index (χ1v) is 10.6. The van der Waals surface area contributed by atoms with Gasteiger partial charge in [0, 0.05) is 12.1 Å². The lowest BCUT2D eigenvalue weighted by molar-refractivity contribution is -0.136. The largest absolute Gasteiger partial charge is 0.334 e. The first-order chi connectivity index (χ1) is 12.3. The number of carbonyl (C=O) groups excluding carboxylic acids is 1. The number of benzene rings is 1. The Morgan fingerprint density at radius 1 is 1.38 bits per heavy atom. The Morgan fingerprint density at radius 2 is 2.12 bits per heavy atom. The second-order valence-corrected chi connectivity index (χ2v) is 9.04. The maximum absolute atomic E-state index is 12.9. The third-order valence-electron chi connectivity index (χ3n) is 4.99. The van der Waals surface area contributed by atoms with Crippen molar-refractivity contribution in [2.24, 2.45) is 0 Å². The molecule has 3 rings (SSSR count). The monoisotopic (exact) mass is 377 g/mol. The quantitative estimate of drug-likeness (QED) is 0.781. The van der Waals surface area contributed by atoms with Crippen LogP contribution < -0.4 is 5.56 Å². The lowest BCUT2D eigenvalue weighted by atomic mass is 10.1. The van der Waals surface area contributed by atoms with E-state index in [-0.39, 0.29) is 41.6 Å². The van der Waals surface area contributed by atoms with Gasteiger partial charge in [-0.05, 0) is 31.9 Å². The average molecular weight is 377 g/mol. The van der Waals surface area contributed by atoms with Gasteiger partial charge in [0.05, 0.1) is 28.7 Å². The molecule has 1 aromatic heterocycles. The SMILES string of the molecule is CC[C@H](C)N(C(=O)Cn1cnc2ccccc2c1=O)[C@@H]1CCS(=O)(=O)C1. The fourth-order valence-corrected chi connectivity index (χ4v) is 5.16. The van der Waals surface area contributed by atoms with Crippen LogP contribution in [0.4, 0.5) is 0 Å². The molecule has 1 amide bonds. The number of fused-ring (bicyclic) bond motifs is 1. The Labute approximate surface area is 152 Å². The van der Waals surface area contributed by atoms with Gasteiger partial charge in [0.2, 0.25) is 5.91 Å². The summed E-state index contributed by atoms with van der Waals surface area (Å²) in [5.41, 5.74) is 0.314. The van der Waals surface area contributed by atoms with Crippen LogP contribution in [0.25, 0.3) is 10.9 Å². The Kier molecular flexibility index (Phi) is 5.13. The molecule has 0 N–H and O–H groups in total. The number of para-hydroxylation sites is 1. The van der Waals surface area contributed by atoms with Crippen LogP contribution in [0, 0.1) is 0 Å². The van der Waals surface area contributed by atoms with Gasteiger partial charge in [0.1, 0.15) is 6.54 Å². The summed E-state index contributed by atoms with van der Waals surface area (Å²) in [7, 11) is -3.10. The van der Waals surface area contributed by atoms with E-state index in [1.165, 1.54) is 10.9 Å². The molecule has 1 aliphatic rings. The molecular weight excluding hydrogens is 354 g/mol. The molecule has 2 atom stereocenters. The second-order valence-electron chi connectivity index (χ2n) is 6.81. The molecule has 1 aromatic carbocycles. The van der Waals surface area contributed by atoms with Crippen LogP contribution in [0.2, 0.25) is 0 Å². The summed E-state index contributed by atoms with van der Waals surface area (Å²) in [6.07, 6.45) is 2.54. The molecule has 7 nitrogen and oxygen atoms in total. The zero-order valence-corrected chi connectivity index (χ0v) is 15.8. The van der Waals surface area contributed by atoms with Gasteiger partial charge in [-0.25, -0.2) is 13.4 Å². The summed E-state index contributed by atoms with van der Waals surface area (Å²) in [5, 5.41) is 0.460. The van der Waals surface area contributed by atoms with Crippen molar-refractivity contribution in [3.8, 4) is 0 Å². The third-order valence-corrected chi connectivity index (χ3v) is 6.74. The Bertz CT molecular complexity index is 983. The Morgan fingerprint density at radius 3 is 2.77 bits per heavy atom. The maximum atomic E-state index is 12.9. The van der Waals surface area contributed by atoms with Gasteiger partial charge in [0.15, 0.2) is 9.84 Å².